The summed E-state index contributed by atoms with van der Waals surface area (Å²) in [4.78, 5) is 0.0894. The quantitative estimate of drug-likeness (QED) is 0.518. The first-order chi connectivity index (χ1) is 8.72. The number of thiocarbonyl (C=S) groups is 1. The second kappa shape index (κ2) is 6.60. The number of primary sulfonamides is 1. The van der Waals surface area contributed by atoms with Crippen LogP contribution in [0.1, 0.15) is 12.0 Å². The van der Waals surface area contributed by atoms with Crippen LogP contribution in [-0.2, 0) is 10.0 Å². The van der Waals surface area contributed by atoms with Crippen molar-refractivity contribution in [2.45, 2.75) is 6.42 Å². The highest BCUT2D eigenvalue weighted by Gasteiger charge is 2.12. The van der Waals surface area contributed by atoms with E-state index in [-0.39, 0.29) is 33.9 Å². The molecule has 0 saturated carbocycles. The number of halogens is 2. The van der Waals surface area contributed by atoms with Crippen LogP contribution in [-0.4, -0.2) is 25.7 Å². The summed E-state index contributed by atoms with van der Waals surface area (Å²) in [6.07, 6.45) is 0.285. The van der Waals surface area contributed by atoms with Crippen LogP contribution in [0.25, 0.3) is 0 Å². The number of nitrogens with one attached hydrogen (secondary N) is 1. The van der Waals surface area contributed by atoms with Crippen LogP contribution < -0.4 is 16.2 Å². The summed E-state index contributed by atoms with van der Waals surface area (Å²) in [6.45, 7) is 0.284. The third kappa shape index (κ3) is 5.01. The molecule has 0 amide bonds. The van der Waals surface area contributed by atoms with Crippen molar-refractivity contribution in [1.29, 1.82) is 0 Å². The maximum atomic E-state index is 13.9. The van der Waals surface area contributed by atoms with Gasteiger partial charge in [-0.05, 0) is 34.5 Å². The Kier molecular flexibility index (Phi) is 5.65. The first-order valence-electron chi connectivity index (χ1n) is 5.24. The van der Waals surface area contributed by atoms with Gasteiger partial charge in [0.05, 0.1) is 15.9 Å². The average Bonchev–Trinajstić information content (AvgIpc) is 2.28. The van der Waals surface area contributed by atoms with E-state index in [1.54, 1.807) is 6.07 Å². The van der Waals surface area contributed by atoms with E-state index in [2.05, 4.69) is 21.2 Å². The monoisotopic (exact) mass is 369 g/mol. The normalized spacial score (nSPS) is 11.3. The van der Waals surface area contributed by atoms with E-state index in [1.165, 1.54) is 6.07 Å². The van der Waals surface area contributed by atoms with Gasteiger partial charge in [-0.2, -0.15) is 0 Å². The Labute approximate surface area is 124 Å². The van der Waals surface area contributed by atoms with Gasteiger partial charge in [0.25, 0.3) is 0 Å². The third-order valence-corrected chi connectivity index (χ3v) is 4.12. The van der Waals surface area contributed by atoms with E-state index < -0.39 is 15.8 Å². The molecule has 0 unspecified atom stereocenters. The van der Waals surface area contributed by atoms with E-state index in [0.29, 0.717) is 5.56 Å². The zero-order valence-corrected chi connectivity index (χ0v) is 13.0. The Morgan fingerprint density at radius 2 is 2.11 bits per heavy atom. The van der Waals surface area contributed by atoms with Crippen LogP contribution in [0.3, 0.4) is 0 Å². The van der Waals surface area contributed by atoms with Crippen molar-refractivity contribution in [3.8, 4) is 0 Å². The number of nitrogens with two attached hydrogens (primary N) is 2. The lowest BCUT2D eigenvalue weighted by Gasteiger charge is -2.10. The van der Waals surface area contributed by atoms with Crippen molar-refractivity contribution >= 4 is 48.8 Å². The van der Waals surface area contributed by atoms with Gasteiger partial charge in [-0.1, -0.05) is 12.2 Å². The summed E-state index contributed by atoms with van der Waals surface area (Å²) in [5, 5.41) is 7.64. The molecule has 1 aromatic rings. The molecule has 0 atom stereocenters. The molecule has 0 aromatic heterocycles. The minimum atomic E-state index is -3.49. The van der Waals surface area contributed by atoms with Crippen LogP contribution >= 0.6 is 28.1 Å². The first-order valence-corrected chi connectivity index (χ1v) is 8.16. The van der Waals surface area contributed by atoms with E-state index in [9.17, 15) is 12.8 Å². The molecule has 0 saturated heterocycles. The van der Waals surface area contributed by atoms with Gasteiger partial charge in [-0.3, -0.25) is 0 Å². The van der Waals surface area contributed by atoms with Crippen molar-refractivity contribution in [3.63, 3.8) is 0 Å². The number of hydrogen-bond acceptors (Lipinski definition) is 4. The van der Waals surface area contributed by atoms with Crippen molar-refractivity contribution in [2.24, 2.45) is 10.9 Å². The molecule has 0 radical (unpaired) electrons. The van der Waals surface area contributed by atoms with Crippen LogP contribution in [0.2, 0.25) is 0 Å². The molecule has 9 heteroatoms. The molecular weight excluding hydrogens is 357 g/mol. The smallest absolute Gasteiger partial charge is 0.209 e. The highest BCUT2D eigenvalue weighted by atomic mass is 79.9. The van der Waals surface area contributed by atoms with E-state index in [4.69, 9.17) is 23.1 Å². The van der Waals surface area contributed by atoms with Gasteiger partial charge in [0.15, 0.2) is 5.82 Å². The molecule has 1 rings (SSSR count). The Morgan fingerprint density at radius 1 is 1.47 bits per heavy atom. The van der Waals surface area contributed by atoms with E-state index in [1.807, 2.05) is 0 Å². The van der Waals surface area contributed by atoms with E-state index in [0.717, 1.165) is 0 Å². The number of rotatable bonds is 6. The fraction of sp³-hybridized carbons (Fsp3) is 0.300. The summed E-state index contributed by atoms with van der Waals surface area (Å²) in [5.74, 6) is -0.686. The molecule has 0 spiro atoms. The van der Waals surface area contributed by atoms with Gasteiger partial charge in [-0.25, -0.2) is 17.9 Å². The molecule has 106 valence electrons. The number of sulfonamides is 1. The second-order valence-electron chi connectivity index (χ2n) is 3.80. The zero-order chi connectivity index (χ0) is 14.6. The fourth-order valence-electron chi connectivity index (χ4n) is 1.37. The Balaban J connectivity index is 2.71. The van der Waals surface area contributed by atoms with Crippen LogP contribution in [0.15, 0.2) is 16.6 Å². The summed E-state index contributed by atoms with van der Waals surface area (Å²) < 4.78 is 35.5. The van der Waals surface area contributed by atoms with Gasteiger partial charge < -0.3 is 11.1 Å². The molecule has 19 heavy (non-hydrogen) atoms. The number of benzene rings is 1. The lowest BCUT2D eigenvalue weighted by molar-refractivity contribution is 0.595. The van der Waals surface area contributed by atoms with Crippen LogP contribution in [0.5, 0.6) is 0 Å². The van der Waals surface area contributed by atoms with Gasteiger partial charge in [0.1, 0.15) is 4.99 Å². The number of hydrogen-bond donors (Lipinski definition) is 3. The molecular formula is C10H13BrFN3O2S2. The van der Waals surface area contributed by atoms with Gasteiger partial charge >= 0.3 is 0 Å². The van der Waals surface area contributed by atoms with Gasteiger partial charge in [0, 0.05) is 12.1 Å². The largest absolute Gasteiger partial charge is 0.389 e. The first kappa shape index (κ1) is 16.3. The minimum Gasteiger partial charge on any atom is -0.389 e. The highest BCUT2D eigenvalue weighted by Crippen LogP contribution is 2.27. The maximum absolute atomic E-state index is 13.9. The highest BCUT2D eigenvalue weighted by molar-refractivity contribution is 9.10. The predicted molar refractivity (Wildman–Crippen MR) is 81.1 cm³/mol. The van der Waals surface area contributed by atoms with E-state index >= 15 is 0 Å². The van der Waals surface area contributed by atoms with Gasteiger partial charge in [0.2, 0.25) is 10.0 Å². The van der Waals surface area contributed by atoms with Crippen LogP contribution in [0, 0.1) is 5.82 Å². The summed E-state index contributed by atoms with van der Waals surface area (Å²) >= 11 is 7.85. The number of anilines is 1. The van der Waals surface area contributed by atoms with Crippen molar-refractivity contribution in [2.75, 3.05) is 17.6 Å². The Hall–Kier alpha value is -0.770. The molecule has 0 aliphatic carbocycles. The SMILES string of the molecule is NC(=S)c1ccc(NCCCS(N)(=O)=O)c(F)c1Br. The molecule has 1 aromatic carbocycles. The van der Waals surface area contributed by atoms with Gasteiger partial charge in [-0.15, -0.1) is 0 Å². The molecule has 0 bridgehead atoms. The minimum absolute atomic E-state index is 0.0894. The molecule has 0 fully saturated rings. The summed E-state index contributed by atoms with van der Waals surface area (Å²) in [7, 11) is -3.49. The lowest BCUT2D eigenvalue weighted by atomic mass is 10.2. The fourth-order valence-corrected chi connectivity index (χ4v) is 2.78. The molecule has 5 N–H and O–H groups in total. The predicted octanol–water partition coefficient (Wildman–Crippen LogP) is 1.31. The maximum Gasteiger partial charge on any atom is 0.209 e. The third-order valence-electron chi connectivity index (χ3n) is 2.27. The summed E-state index contributed by atoms with van der Waals surface area (Å²) in [5.41, 5.74) is 6.08. The molecule has 0 aliphatic rings. The molecule has 5 nitrogen and oxygen atoms in total. The zero-order valence-electron chi connectivity index (χ0n) is 9.82. The van der Waals surface area contributed by atoms with Crippen LogP contribution in [0.4, 0.5) is 10.1 Å². The van der Waals surface area contributed by atoms with Crippen molar-refractivity contribution in [3.05, 3.63) is 28.0 Å². The Bertz CT molecular complexity index is 593. The standard InChI is InChI=1S/C10H13BrFN3O2S2/c11-8-6(10(13)18)2-3-7(9(8)12)15-4-1-5-19(14,16)17/h2-3,15H,1,4-5H2,(H2,13,18)(H2,14,16,17). The topological polar surface area (TPSA) is 98.2 Å². The lowest BCUT2D eigenvalue weighted by Crippen LogP contribution is -2.19. The van der Waals surface area contributed by atoms with Crippen molar-refractivity contribution < 1.29 is 12.8 Å². The molecule has 0 aliphatic heterocycles. The van der Waals surface area contributed by atoms with Crippen molar-refractivity contribution in [1.82, 2.24) is 0 Å². The Morgan fingerprint density at radius 3 is 2.63 bits per heavy atom. The average molecular weight is 370 g/mol. The second-order valence-corrected chi connectivity index (χ2v) is 6.77. The molecule has 0 heterocycles. The summed E-state index contributed by atoms with van der Waals surface area (Å²) in [6, 6.07) is 3.07.